The number of hydrogen-bond donors (Lipinski definition) is 1. The topological polar surface area (TPSA) is 20.2 Å². The van der Waals surface area contributed by atoms with E-state index >= 15 is 0 Å². The van der Waals surface area contributed by atoms with Crippen LogP contribution in [-0.2, 0) is 6.42 Å². The van der Waals surface area contributed by atoms with Gasteiger partial charge in [0.15, 0.2) is 0 Å². The summed E-state index contributed by atoms with van der Waals surface area (Å²) in [6.07, 6.45) is 2.84. The molecule has 0 aliphatic heterocycles. The van der Waals surface area contributed by atoms with Gasteiger partial charge >= 0.3 is 0 Å². The van der Waals surface area contributed by atoms with Crippen LogP contribution in [-0.4, -0.2) is 10.7 Å². The van der Waals surface area contributed by atoms with Crippen molar-refractivity contribution in [1.29, 1.82) is 0 Å². The van der Waals surface area contributed by atoms with Gasteiger partial charge in [-0.05, 0) is 31.4 Å². The van der Waals surface area contributed by atoms with Gasteiger partial charge in [-0.15, -0.1) is 0 Å². The van der Waals surface area contributed by atoms with E-state index in [2.05, 4.69) is 0 Å². The van der Waals surface area contributed by atoms with E-state index in [0.717, 1.165) is 19.3 Å². The molecule has 0 spiro atoms. The third kappa shape index (κ3) is 1.77. The first-order chi connectivity index (χ1) is 6.61. The summed E-state index contributed by atoms with van der Waals surface area (Å²) in [5.74, 6) is -0.321. The third-order valence-corrected chi connectivity index (χ3v) is 3.21. The van der Waals surface area contributed by atoms with Gasteiger partial charge in [-0.2, -0.15) is 0 Å². The van der Waals surface area contributed by atoms with Gasteiger partial charge in [0.05, 0.1) is 5.60 Å². The molecule has 1 saturated carbocycles. The number of halogens is 2. The minimum absolute atomic E-state index is 0.321. The van der Waals surface area contributed by atoms with Crippen LogP contribution in [0.15, 0.2) is 18.2 Å². The lowest BCUT2D eigenvalue weighted by atomic mass is 9.76. The summed E-state index contributed by atoms with van der Waals surface area (Å²) in [5, 5.41) is 10.3. The average molecular weight is 215 g/mol. The molecule has 1 fully saturated rings. The third-order valence-electron chi connectivity index (χ3n) is 2.85. The van der Waals surface area contributed by atoms with Gasteiger partial charge in [0.2, 0.25) is 0 Å². The molecule has 1 nitrogen and oxygen atoms in total. The maximum atomic E-state index is 13.3. The van der Waals surface area contributed by atoms with Crippen LogP contribution in [0.5, 0.6) is 0 Å². The lowest BCUT2D eigenvalue weighted by Crippen LogP contribution is -2.39. The zero-order valence-corrected chi connectivity index (χ0v) is 8.52. The van der Waals surface area contributed by atoms with Gasteiger partial charge in [0.25, 0.3) is 0 Å². The van der Waals surface area contributed by atoms with Crippen LogP contribution in [0.3, 0.4) is 0 Å². The first kappa shape index (κ1) is 9.94. The van der Waals surface area contributed by atoms with Crippen LogP contribution < -0.4 is 0 Å². The number of rotatable bonds is 2. The van der Waals surface area contributed by atoms with Crippen molar-refractivity contribution in [3.63, 3.8) is 0 Å². The van der Waals surface area contributed by atoms with E-state index in [1.807, 2.05) is 0 Å². The summed E-state index contributed by atoms with van der Waals surface area (Å²) < 4.78 is 13.3. The molecule has 14 heavy (non-hydrogen) atoms. The monoisotopic (exact) mass is 214 g/mol. The van der Waals surface area contributed by atoms with Crippen LogP contribution in [0.2, 0.25) is 5.02 Å². The van der Waals surface area contributed by atoms with Crippen molar-refractivity contribution in [2.45, 2.75) is 31.3 Å². The van der Waals surface area contributed by atoms with Gasteiger partial charge in [0.1, 0.15) is 5.82 Å². The molecule has 0 atom stereocenters. The number of aliphatic hydroxyl groups is 1. The van der Waals surface area contributed by atoms with Crippen LogP contribution in [0, 0.1) is 5.82 Å². The SMILES string of the molecule is OC1(Cc2c(F)cccc2Cl)CCC1. The molecule has 2 rings (SSSR count). The molecule has 0 saturated heterocycles. The molecule has 0 unspecified atom stereocenters. The smallest absolute Gasteiger partial charge is 0.127 e. The molecule has 76 valence electrons. The van der Waals surface area contributed by atoms with E-state index < -0.39 is 5.60 Å². The predicted octanol–water partition coefficient (Wildman–Crippen LogP) is 2.94. The lowest BCUT2D eigenvalue weighted by Gasteiger charge is -2.37. The minimum Gasteiger partial charge on any atom is -0.390 e. The zero-order valence-electron chi connectivity index (χ0n) is 7.76. The van der Waals surface area contributed by atoms with E-state index in [1.54, 1.807) is 12.1 Å². The van der Waals surface area contributed by atoms with Gasteiger partial charge in [-0.1, -0.05) is 17.7 Å². The van der Waals surface area contributed by atoms with Crippen LogP contribution >= 0.6 is 11.6 Å². The molecular formula is C11H12ClFO. The second-order valence-corrected chi connectivity index (χ2v) is 4.36. The molecule has 0 bridgehead atoms. The quantitative estimate of drug-likeness (QED) is 0.803. The van der Waals surface area contributed by atoms with Crippen molar-refractivity contribution >= 4 is 11.6 Å². The van der Waals surface area contributed by atoms with Crippen molar-refractivity contribution in [2.24, 2.45) is 0 Å². The molecular weight excluding hydrogens is 203 g/mol. The summed E-state index contributed by atoms with van der Waals surface area (Å²) >= 11 is 5.87. The van der Waals surface area contributed by atoms with E-state index in [0.29, 0.717) is 17.0 Å². The molecule has 0 amide bonds. The molecule has 3 heteroatoms. The summed E-state index contributed by atoms with van der Waals surface area (Å²) in [5.41, 5.74) is -0.275. The highest BCUT2D eigenvalue weighted by Crippen LogP contribution is 2.36. The Bertz CT molecular complexity index is 327. The highest BCUT2D eigenvalue weighted by Gasteiger charge is 2.35. The molecule has 1 N–H and O–H groups in total. The van der Waals surface area contributed by atoms with Gasteiger partial charge < -0.3 is 5.11 Å². The Hall–Kier alpha value is -0.600. The van der Waals surface area contributed by atoms with Gasteiger partial charge in [-0.3, -0.25) is 0 Å². The van der Waals surface area contributed by atoms with Gasteiger partial charge in [-0.25, -0.2) is 4.39 Å². The Morgan fingerprint density at radius 2 is 2.14 bits per heavy atom. The maximum absolute atomic E-state index is 13.3. The fraction of sp³-hybridized carbons (Fsp3) is 0.455. The summed E-state index contributed by atoms with van der Waals surface area (Å²) in [6.45, 7) is 0. The fourth-order valence-electron chi connectivity index (χ4n) is 1.79. The maximum Gasteiger partial charge on any atom is 0.127 e. The molecule has 0 aromatic heterocycles. The Labute approximate surface area is 87.5 Å². The summed E-state index contributed by atoms with van der Waals surface area (Å²) in [4.78, 5) is 0. The number of hydrogen-bond acceptors (Lipinski definition) is 1. The second kappa shape index (κ2) is 3.52. The van der Waals surface area contributed by atoms with E-state index in [-0.39, 0.29) is 5.82 Å². The van der Waals surface area contributed by atoms with Crippen molar-refractivity contribution < 1.29 is 9.50 Å². The molecule has 1 aliphatic rings. The molecule has 0 radical (unpaired) electrons. The van der Waals surface area contributed by atoms with E-state index in [1.165, 1.54) is 6.07 Å². The average Bonchev–Trinajstić information content (AvgIpc) is 2.09. The first-order valence-corrected chi connectivity index (χ1v) is 5.14. The Balaban J connectivity index is 2.23. The van der Waals surface area contributed by atoms with E-state index in [9.17, 15) is 9.50 Å². The minimum atomic E-state index is -0.716. The lowest BCUT2D eigenvalue weighted by molar-refractivity contribution is -0.0328. The van der Waals surface area contributed by atoms with Crippen LogP contribution in [0.4, 0.5) is 4.39 Å². The highest BCUT2D eigenvalue weighted by atomic mass is 35.5. The fourth-order valence-corrected chi connectivity index (χ4v) is 2.02. The molecule has 0 heterocycles. The number of benzene rings is 1. The van der Waals surface area contributed by atoms with Crippen molar-refractivity contribution in [3.05, 3.63) is 34.6 Å². The Kier molecular flexibility index (Phi) is 2.50. The zero-order chi connectivity index (χ0) is 10.2. The second-order valence-electron chi connectivity index (χ2n) is 3.95. The Morgan fingerprint density at radius 3 is 2.64 bits per heavy atom. The highest BCUT2D eigenvalue weighted by molar-refractivity contribution is 6.31. The molecule has 1 aromatic rings. The summed E-state index contributed by atoms with van der Waals surface area (Å²) in [7, 11) is 0. The van der Waals surface area contributed by atoms with E-state index in [4.69, 9.17) is 11.6 Å². The predicted molar refractivity (Wildman–Crippen MR) is 53.9 cm³/mol. The summed E-state index contributed by atoms with van der Waals surface area (Å²) in [6, 6.07) is 4.61. The normalized spacial score (nSPS) is 19.1. The first-order valence-electron chi connectivity index (χ1n) is 4.76. The van der Waals surface area contributed by atoms with Crippen molar-refractivity contribution in [3.8, 4) is 0 Å². The standard InChI is InChI=1S/C11H12ClFO/c12-9-3-1-4-10(13)8(9)7-11(14)5-2-6-11/h1,3-4,14H,2,5-7H2. The van der Waals surface area contributed by atoms with Crippen LogP contribution in [0.1, 0.15) is 24.8 Å². The van der Waals surface area contributed by atoms with Crippen molar-refractivity contribution in [2.75, 3.05) is 0 Å². The van der Waals surface area contributed by atoms with Crippen molar-refractivity contribution in [1.82, 2.24) is 0 Å². The van der Waals surface area contributed by atoms with Gasteiger partial charge in [0, 0.05) is 17.0 Å². The molecule has 1 aromatic carbocycles. The molecule has 1 aliphatic carbocycles. The van der Waals surface area contributed by atoms with Crippen LogP contribution in [0.25, 0.3) is 0 Å². The largest absolute Gasteiger partial charge is 0.390 e. The Morgan fingerprint density at radius 1 is 1.43 bits per heavy atom.